The van der Waals surface area contributed by atoms with E-state index in [-0.39, 0.29) is 23.5 Å². The van der Waals surface area contributed by atoms with E-state index in [0.29, 0.717) is 34.5 Å². The van der Waals surface area contributed by atoms with Crippen molar-refractivity contribution in [2.75, 3.05) is 12.4 Å². The van der Waals surface area contributed by atoms with Crippen molar-refractivity contribution < 1.29 is 14.4 Å². The monoisotopic (exact) mass is 398 g/mol. The van der Waals surface area contributed by atoms with Crippen LogP contribution in [0, 0.1) is 0 Å². The van der Waals surface area contributed by atoms with E-state index in [2.05, 4.69) is 5.32 Å². The number of amides is 1. The number of nitrogens with zero attached hydrogens (tertiary/aromatic N) is 1. The Morgan fingerprint density at radius 3 is 2.07 bits per heavy atom. The molecule has 0 bridgehead atoms. The van der Waals surface area contributed by atoms with Gasteiger partial charge in [-0.15, -0.1) is 0 Å². The van der Waals surface area contributed by atoms with Crippen LogP contribution < -0.4 is 5.32 Å². The van der Waals surface area contributed by atoms with E-state index in [1.165, 1.54) is 0 Å². The van der Waals surface area contributed by atoms with Crippen molar-refractivity contribution in [3.05, 3.63) is 101 Å². The Labute approximate surface area is 175 Å². The topological polar surface area (TPSA) is 66.5 Å². The van der Waals surface area contributed by atoms with Gasteiger partial charge in [-0.25, -0.2) is 0 Å². The van der Waals surface area contributed by atoms with E-state index in [0.717, 1.165) is 5.56 Å². The second-order valence-corrected chi connectivity index (χ2v) is 7.53. The van der Waals surface area contributed by atoms with Crippen molar-refractivity contribution in [1.29, 1.82) is 0 Å². The number of ketones is 2. The quantitative estimate of drug-likeness (QED) is 0.553. The van der Waals surface area contributed by atoms with Crippen molar-refractivity contribution in [2.45, 2.75) is 19.5 Å². The number of hydrogen-bond acceptors (Lipinski definition) is 4. The molecule has 0 unspecified atom stereocenters. The zero-order valence-corrected chi connectivity index (χ0v) is 16.9. The lowest BCUT2D eigenvalue weighted by atomic mass is 9.84. The molecule has 3 aromatic carbocycles. The molecule has 4 rings (SSSR count). The Balaban J connectivity index is 1.51. The van der Waals surface area contributed by atoms with Crippen LogP contribution in [0.25, 0.3) is 0 Å². The first-order valence-corrected chi connectivity index (χ1v) is 9.83. The Bertz CT molecular complexity index is 1140. The number of nitrogens with one attached hydrogen (secondary N) is 1. The lowest BCUT2D eigenvalue weighted by Gasteiger charge is -2.24. The van der Waals surface area contributed by atoms with E-state index < -0.39 is 0 Å². The Morgan fingerprint density at radius 2 is 1.40 bits per heavy atom. The van der Waals surface area contributed by atoms with Crippen molar-refractivity contribution in [3.63, 3.8) is 0 Å². The molecule has 3 aromatic rings. The second kappa shape index (κ2) is 8.05. The molecule has 0 fully saturated rings. The summed E-state index contributed by atoms with van der Waals surface area (Å²) in [4.78, 5) is 40.3. The zero-order chi connectivity index (χ0) is 21.3. The van der Waals surface area contributed by atoms with Crippen LogP contribution in [-0.2, 0) is 11.3 Å². The Kier molecular flexibility index (Phi) is 5.29. The number of carbonyl (C=O) groups excluding carboxylic acids is 3. The minimum Gasteiger partial charge on any atom is -0.325 e. The molecule has 0 radical (unpaired) electrons. The van der Waals surface area contributed by atoms with Crippen LogP contribution in [0.15, 0.2) is 72.8 Å². The van der Waals surface area contributed by atoms with Crippen LogP contribution >= 0.6 is 0 Å². The predicted molar refractivity (Wildman–Crippen MR) is 116 cm³/mol. The molecule has 5 nitrogen and oxygen atoms in total. The smallest absolute Gasteiger partial charge is 0.241 e. The number of benzene rings is 3. The fraction of sp³-hybridized carbons (Fsp3) is 0.160. The lowest BCUT2D eigenvalue weighted by molar-refractivity contribution is -0.120. The highest BCUT2D eigenvalue weighted by molar-refractivity contribution is 6.28. The SMILES string of the molecule is C[C@@H](C(=O)Nc1ccc2c(c1)C(=O)c1ccccc1C2=O)N(C)Cc1ccccc1. The van der Waals surface area contributed by atoms with Gasteiger partial charge in [0.25, 0.3) is 0 Å². The maximum Gasteiger partial charge on any atom is 0.241 e. The molecule has 1 N–H and O–H groups in total. The van der Waals surface area contributed by atoms with E-state index in [4.69, 9.17) is 0 Å². The van der Waals surface area contributed by atoms with Gasteiger partial charge in [-0.3, -0.25) is 19.3 Å². The molecule has 0 aliphatic heterocycles. The van der Waals surface area contributed by atoms with Gasteiger partial charge in [0.15, 0.2) is 11.6 Å². The molecule has 1 aliphatic rings. The Morgan fingerprint density at radius 1 is 0.833 bits per heavy atom. The highest BCUT2D eigenvalue weighted by Gasteiger charge is 2.29. The molecule has 5 heteroatoms. The van der Waals surface area contributed by atoms with E-state index in [9.17, 15) is 14.4 Å². The average Bonchev–Trinajstić information content (AvgIpc) is 2.77. The first-order chi connectivity index (χ1) is 14.5. The van der Waals surface area contributed by atoms with Crippen LogP contribution in [0.4, 0.5) is 5.69 Å². The van der Waals surface area contributed by atoms with Gasteiger partial charge in [0.05, 0.1) is 6.04 Å². The first kappa shape index (κ1) is 19.7. The third-order valence-electron chi connectivity index (χ3n) is 5.51. The minimum absolute atomic E-state index is 0.172. The summed E-state index contributed by atoms with van der Waals surface area (Å²) in [7, 11) is 1.89. The summed E-state index contributed by atoms with van der Waals surface area (Å²) in [5, 5.41) is 2.87. The molecule has 0 saturated heterocycles. The summed E-state index contributed by atoms with van der Waals surface area (Å²) in [6.07, 6.45) is 0. The van der Waals surface area contributed by atoms with Crippen molar-refractivity contribution in [2.24, 2.45) is 0 Å². The third kappa shape index (κ3) is 3.67. The van der Waals surface area contributed by atoms with Gasteiger partial charge in [0.1, 0.15) is 0 Å². The zero-order valence-electron chi connectivity index (χ0n) is 16.9. The highest BCUT2D eigenvalue weighted by atomic mass is 16.2. The summed E-state index contributed by atoms with van der Waals surface area (Å²) in [5.41, 5.74) is 3.13. The molecule has 1 aliphatic carbocycles. The highest BCUT2D eigenvalue weighted by Crippen LogP contribution is 2.29. The van der Waals surface area contributed by atoms with Crippen LogP contribution in [0.5, 0.6) is 0 Å². The first-order valence-electron chi connectivity index (χ1n) is 9.83. The summed E-state index contributed by atoms with van der Waals surface area (Å²) in [6.45, 7) is 2.48. The van der Waals surface area contributed by atoms with Crippen molar-refractivity contribution in [1.82, 2.24) is 4.90 Å². The molecule has 0 saturated carbocycles. The minimum atomic E-state index is -0.376. The maximum atomic E-state index is 12.9. The summed E-state index contributed by atoms with van der Waals surface area (Å²) in [5.74, 6) is -0.553. The molecule has 30 heavy (non-hydrogen) atoms. The van der Waals surface area contributed by atoms with Crippen LogP contribution in [-0.4, -0.2) is 35.5 Å². The summed E-state index contributed by atoms with van der Waals surface area (Å²) < 4.78 is 0. The van der Waals surface area contributed by atoms with Crippen molar-refractivity contribution >= 4 is 23.2 Å². The summed E-state index contributed by atoms with van der Waals surface area (Å²) >= 11 is 0. The Hall–Kier alpha value is -3.57. The van der Waals surface area contributed by atoms with Crippen LogP contribution in [0.3, 0.4) is 0 Å². The summed E-state index contributed by atoms with van der Waals surface area (Å²) in [6, 6.07) is 21.2. The average molecular weight is 398 g/mol. The van der Waals surface area contributed by atoms with Crippen LogP contribution in [0.1, 0.15) is 44.3 Å². The van der Waals surface area contributed by atoms with Gasteiger partial charge in [-0.05, 0) is 37.7 Å². The number of fused-ring (bicyclic) bond motifs is 2. The van der Waals surface area contributed by atoms with E-state index in [1.54, 1.807) is 42.5 Å². The maximum absolute atomic E-state index is 12.9. The van der Waals surface area contributed by atoms with Gasteiger partial charge in [-0.2, -0.15) is 0 Å². The molecule has 0 heterocycles. The number of carbonyl (C=O) groups is 3. The number of hydrogen-bond donors (Lipinski definition) is 1. The molecule has 150 valence electrons. The second-order valence-electron chi connectivity index (χ2n) is 7.53. The van der Waals surface area contributed by atoms with Gasteiger partial charge in [0.2, 0.25) is 5.91 Å². The number of likely N-dealkylation sites (N-methyl/N-ethyl adjacent to an activating group) is 1. The van der Waals surface area contributed by atoms with Gasteiger partial charge >= 0.3 is 0 Å². The van der Waals surface area contributed by atoms with Gasteiger partial charge < -0.3 is 5.32 Å². The lowest BCUT2D eigenvalue weighted by Crippen LogP contribution is -2.39. The molecule has 0 spiro atoms. The number of anilines is 1. The molecular formula is C25H22N2O3. The number of rotatable bonds is 5. The van der Waals surface area contributed by atoms with Crippen molar-refractivity contribution in [3.8, 4) is 0 Å². The normalized spacial score (nSPS) is 13.6. The van der Waals surface area contributed by atoms with E-state index in [1.807, 2.05) is 49.2 Å². The largest absolute Gasteiger partial charge is 0.325 e. The standard InChI is InChI=1S/C25H22N2O3/c1-16(27(2)15-17-8-4-3-5-9-17)25(30)26-18-12-13-21-22(14-18)24(29)20-11-7-6-10-19(20)23(21)28/h3-14,16H,15H2,1-2H3,(H,26,30)/t16-/m0/s1. The van der Waals surface area contributed by atoms with Crippen LogP contribution in [0.2, 0.25) is 0 Å². The molecule has 1 amide bonds. The van der Waals surface area contributed by atoms with Gasteiger partial charge in [0, 0.05) is 34.5 Å². The van der Waals surface area contributed by atoms with E-state index >= 15 is 0 Å². The molecule has 0 aromatic heterocycles. The fourth-order valence-corrected chi connectivity index (χ4v) is 3.63. The molecular weight excluding hydrogens is 376 g/mol. The third-order valence-corrected chi connectivity index (χ3v) is 5.51. The molecule has 1 atom stereocenters. The predicted octanol–water partition coefficient (Wildman–Crippen LogP) is 3.92. The van der Waals surface area contributed by atoms with Gasteiger partial charge in [-0.1, -0.05) is 54.6 Å². The fourth-order valence-electron chi connectivity index (χ4n) is 3.63.